The predicted molar refractivity (Wildman–Crippen MR) is 115 cm³/mol. The fraction of sp³-hybridized carbons (Fsp3) is 0.130. The van der Waals surface area contributed by atoms with Gasteiger partial charge in [-0.2, -0.15) is 5.10 Å². The van der Waals surface area contributed by atoms with Crippen molar-refractivity contribution in [3.63, 3.8) is 0 Å². The van der Waals surface area contributed by atoms with Gasteiger partial charge in [-0.3, -0.25) is 4.79 Å². The van der Waals surface area contributed by atoms with Crippen LogP contribution in [0.1, 0.15) is 18.1 Å². The second kappa shape index (κ2) is 8.86. The molecule has 5 heteroatoms. The Bertz CT molecular complexity index is 1030. The van der Waals surface area contributed by atoms with Crippen LogP contribution in [0.3, 0.4) is 0 Å². The summed E-state index contributed by atoms with van der Waals surface area (Å²) in [6.45, 7) is 5.44. The van der Waals surface area contributed by atoms with Gasteiger partial charge >= 0.3 is 0 Å². The minimum absolute atomic E-state index is 0.141. The van der Waals surface area contributed by atoms with Crippen molar-refractivity contribution in [2.75, 3.05) is 5.32 Å². The first-order valence-corrected chi connectivity index (χ1v) is 9.08. The van der Waals surface area contributed by atoms with Crippen LogP contribution in [0, 0.1) is 0 Å². The van der Waals surface area contributed by atoms with Gasteiger partial charge in [0.05, 0.1) is 6.21 Å². The van der Waals surface area contributed by atoms with E-state index in [0.717, 1.165) is 22.0 Å². The number of hydrazone groups is 1. The molecule has 1 atom stereocenters. The smallest absolute Gasteiger partial charge is 0.262 e. The Morgan fingerprint density at radius 1 is 1.14 bits per heavy atom. The Hall–Kier alpha value is -3.60. The highest BCUT2D eigenvalue weighted by molar-refractivity contribution is 5.89. The topological polar surface area (TPSA) is 73.7 Å². The lowest BCUT2D eigenvalue weighted by molar-refractivity contribution is -0.121. The van der Waals surface area contributed by atoms with Crippen LogP contribution in [-0.2, 0) is 11.2 Å². The van der Waals surface area contributed by atoms with Crippen LogP contribution in [0.15, 0.2) is 78.4 Å². The number of hydrogen-bond donors (Lipinski definition) is 3. The van der Waals surface area contributed by atoms with Crippen LogP contribution in [0.25, 0.3) is 10.8 Å². The number of allylic oxidation sites excluding steroid dienone is 1. The van der Waals surface area contributed by atoms with Crippen molar-refractivity contribution < 1.29 is 9.90 Å². The highest BCUT2D eigenvalue weighted by Crippen LogP contribution is 2.22. The first-order valence-electron chi connectivity index (χ1n) is 9.08. The lowest BCUT2D eigenvalue weighted by Crippen LogP contribution is -2.34. The first kappa shape index (κ1) is 19.2. The normalized spacial score (nSPS) is 12.0. The Kier molecular flexibility index (Phi) is 6.07. The molecule has 142 valence electrons. The summed E-state index contributed by atoms with van der Waals surface area (Å²) < 4.78 is 0. The quantitative estimate of drug-likeness (QED) is 0.330. The van der Waals surface area contributed by atoms with E-state index in [4.69, 9.17) is 0 Å². The fourth-order valence-electron chi connectivity index (χ4n) is 2.89. The van der Waals surface area contributed by atoms with Gasteiger partial charge in [0.1, 0.15) is 11.8 Å². The minimum atomic E-state index is -0.473. The maximum atomic E-state index is 12.3. The number of phenols is 1. The number of fused-ring (bicyclic) bond motifs is 1. The van der Waals surface area contributed by atoms with Crippen molar-refractivity contribution in [2.45, 2.75) is 19.4 Å². The monoisotopic (exact) mass is 373 g/mol. The molecule has 3 aromatic carbocycles. The Labute approximate surface area is 164 Å². The first-order chi connectivity index (χ1) is 13.6. The number of nitrogens with zero attached hydrogens (tertiary/aromatic N) is 1. The number of rotatable bonds is 7. The number of carbonyl (C=O) groups excluding carboxylic acids is 1. The minimum Gasteiger partial charge on any atom is -0.507 e. The lowest BCUT2D eigenvalue weighted by Gasteiger charge is -2.14. The number of hydrogen-bond acceptors (Lipinski definition) is 4. The zero-order valence-electron chi connectivity index (χ0n) is 15.7. The molecule has 0 saturated carbocycles. The molecule has 3 N–H and O–H groups in total. The molecular formula is C23H23N3O2. The van der Waals surface area contributed by atoms with Gasteiger partial charge in [-0.05, 0) is 47.9 Å². The van der Waals surface area contributed by atoms with Crippen LogP contribution in [0.5, 0.6) is 5.75 Å². The summed E-state index contributed by atoms with van der Waals surface area (Å²) in [5.74, 6) is -0.131. The van der Waals surface area contributed by atoms with Crippen molar-refractivity contribution in [3.8, 4) is 5.75 Å². The molecule has 28 heavy (non-hydrogen) atoms. The molecule has 0 aliphatic heterocycles. The Balaban J connectivity index is 1.61. The van der Waals surface area contributed by atoms with Crippen LogP contribution < -0.4 is 10.7 Å². The summed E-state index contributed by atoms with van der Waals surface area (Å²) in [4.78, 5) is 12.3. The number of phenolic OH excluding ortho intramolecular Hbond substituents is 1. The molecule has 0 aliphatic carbocycles. The number of carbonyl (C=O) groups is 1. The van der Waals surface area contributed by atoms with Gasteiger partial charge in [0.2, 0.25) is 0 Å². The van der Waals surface area contributed by atoms with E-state index in [0.29, 0.717) is 12.0 Å². The largest absolute Gasteiger partial charge is 0.507 e. The number of nitrogens with one attached hydrogen (secondary N) is 2. The number of anilines is 1. The second-order valence-electron chi connectivity index (χ2n) is 6.51. The Morgan fingerprint density at radius 2 is 1.93 bits per heavy atom. The molecule has 0 saturated heterocycles. The van der Waals surface area contributed by atoms with Crippen LogP contribution in [0.2, 0.25) is 0 Å². The summed E-state index contributed by atoms with van der Waals surface area (Å²) in [6, 6.07) is 18.9. The van der Waals surface area contributed by atoms with Crippen LogP contribution in [0.4, 0.5) is 5.69 Å². The van der Waals surface area contributed by atoms with Gasteiger partial charge in [-0.25, -0.2) is 5.43 Å². The van der Waals surface area contributed by atoms with Gasteiger partial charge in [0.25, 0.3) is 5.91 Å². The van der Waals surface area contributed by atoms with E-state index in [2.05, 4.69) is 22.4 Å². The summed E-state index contributed by atoms with van der Waals surface area (Å²) in [5.41, 5.74) is 4.66. The molecule has 0 fully saturated rings. The summed E-state index contributed by atoms with van der Waals surface area (Å²) >= 11 is 0. The van der Waals surface area contributed by atoms with Crippen molar-refractivity contribution in [3.05, 3.63) is 84.4 Å². The Morgan fingerprint density at radius 3 is 2.71 bits per heavy atom. The van der Waals surface area contributed by atoms with Crippen LogP contribution in [-0.4, -0.2) is 23.3 Å². The third-order valence-corrected chi connectivity index (χ3v) is 4.42. The molecule has 0 unspecified atom stereocenters. The average molecular weight is 373 g/mol. The molecular weight excluding hydrogens is 350 g/mol. The molecule has 5 nitrogen and oxygen atoms in total. The van der Waals surface area contributed by atoms with E-state index in [1.807, 2.05) is 54.6 Å². The van der Waals surface area contributed by atoms with Gasteiger partial charge in [0, 0.05) is 11.3 Å². The van der Waals surface area contributed by atoms with Gasteiger partial charge in [-0.1, -0.05) is 48.5 Å². The lowest BCUT2D eigenvalue weighted by atomic mass is 10.1. The van der Waals surface area contributed by atoms with E-state index < -0.39 is 6.04 Å². The molecule has 0 bridgehead atoms. The average Bonchev–Trinajstić information content (AvgIpc) is 2.70. The van der Waals surface area contributed by atoms with E-state index in [-0.39, 0.29) is 11.7 Å². The highest BCUT2D eigenvalue weighted by atomic mass is 16.3. The SMILES string of the molecule is C=CCc1cccc(/C=N\NC(=O)[C@H](C)Nc2ccc3ccccc3c2)c1O. The predicted octanol–water partition coefficient (Wildman–Crippen LogP) is 4.22. The molecule has 0 aromatic heterocycles. The molecule has 0 radical (unpaired) electrons. The van der Waals surface area contributed by atoms with Crippen LogP contribution >= 0.6 is 0 Å². The summed E-state index contributed by atoms with van der Waals surface area (Å²) in [5, 5.41) is 19.6. The van der Waals surface area contributed by atoms with E-state index >= 15 is 0 Å². The zero-order chi connectivity index (χ0) is 19.9. The van der Waals surface area contributed by atoms with Gasteiger partial charge < -0.3 is 10.4 Å². The van der Waals surface area contributed by atoms with Gasteiger partial charge in [0.15, 0.2) is 0 Å². The summed E-state index contributed by atoms with van der Waals surface area (Å²) in [7, 11) is 0. The maximum absolute atomic E-state index is 12.3. The molecule has 1 amide bonds. The van der Waals surface area contributed by atoms with Crippen molar-refractivity contribution >= 4 is 28.6 Å². The maximum Gasteiger partial charge on any atom is 0.262 e. The fourth-order valence-corrected chi connectivity index (χ4v) is 2.89. The van der Waals surface area contributed by atoms with E-state index in [1.165, 1.54) is 6.21 Å². The zero-order valence-corrected chi connectivity index (χ0v) is 15.7. The number of para-hydroxylation sites is 1. The number of aromatic hydroxyl groups is 1. The van der Waals surface area contributed by atoms with Gasteiger partial charge in [-0.15, -0.1) is 6.58 Å². The van der Waals surface area contributed by atoms with Crippen molar-refractivity contribution in [1.82, 2.24) is 5.43 Å². The molecule has 0 spiro atoms. The molecule has 3 aromatic rings. The van der Waals surface area contributed by atoms with Crippen molar-refractivity contribution in [2.24, 2.45) is 5.10 Å². The number of amides is 1. The van der Waals surface area contributed by atoms with Crippen molar-refractivity contribution in [1.29, 1.82) is 0 Å². The van der Waals surface area contributed by atoms with E-state index in [9.17, 15) is 9.90 Å². The second-order valence-corrected chi connectivity index (χ2v) is 6.51. The summed E-state index contributed by atoms with van der Waals surface area (Å²) in [6.07, 6.45) is 3.72. The molecule has 0 aliphatic rings. The van der Waals surface area contributed by atoms with E-state index in [1.54, 1.807) is 19.1 Å². The molecule has 3 rings (SSSR count). The highest BCUT2D eigenvalue weighted by Gasteiger charge is 2.12. The number of benzene rings is 3. The standard InChI is InChI=1S/C23H23N3O2/c1-3-7-18-10-6-11-20(22(18)27)15-24-26-23(28)16(2)25-21-13-12-17-8-4-5-9-19(17)14-21/h3-6,8-16,25,27H,1,7H2,2H3,(H,26,28)/b24-15-/t16-/m0/s1. The third kappa shape index (κ3) is 4.57. The molecule has 0 heterocycles. The third-order valence-electron chi connectivity index (χ3n) is 4.42.